The summed E-state index contributed by atoms with van der Waals surface area (Å²) in [7, 11) is 0. The molecule has 0 fully saturated rings. The molecule has 0 unspecified atom stereocenters. The molecule has 0 bridgehead atoms. The lowest BCUT2D eigenvalue weighted by atomic mass is 9.93. The van der Waals surface area contributed by atoms with Crippen molar-refractivity contribution in [1.82, 2.24) is 9.13 Å². The van der Waals surface area contributed by atoms with Gasteiger partial charge in [0.25, 0.3) is 0 Å². The Morgan fingerprint density at radius 2 is 0.826 bits per heavy atom. The maximum absolute atomic E-state index is 14.4. The van der Waals surface area contributed by atoms with Gasteiger partial charge in [0, 0.05) is 32.7 Å². The van der Waals surface area contributed by atoms with Crippen LogP contribution in [0.25, 0.3) is 99.5 Å². The second-order valence-corrected chi connectivity index (χ2v) is 18.9. The van der Waals surface area contributed by atoms with Crippen molar-refractivity contribution in [2.75, 3.05) is 0 Å². The number of benzene rings is 9. The van der Waals surface area contributed by atoms with Gasteiger partial charge < -0.3 is 9.13 Å². The molecule has 9 aromatic carbocycles. The average Bonchev–Trinajstić information content (AvgIpc) is 3.82. The first-order chi connectivity index (χ1) is 33.2. The van der Waals surface area contributed by atoms with Gasteiger partial charge in [0.1, 0.15) is 0 Å². The van der Waals surface area contributed by atoms with Crippen LogP contribution in [-0.4, -0.2) is 9.13 Å². The van der Waals surface area contributed by atoms with Crippen LogP contribution in [0, 0.1) is 59.8 Å². The van der Waals surface area contributed by atoms with E-state index in [4.69, 9.17) is 0 Å². The SMILES string of the molecule is Cc1cc(-c2ccc(-c3ccc(C#N)cc3-n3c4ccccc4c4cc(-c5c(C)cc(C)cc5C)ccc43)c(-n3c4ccccc4c4cc(-c5c(C)cc(C)cc5C)ccc43)c2)cc(C(F)(F)F)c1. The third kappa shape index (κ3) is 7.28. The molecule has 0 aliphatic carbocycles. The highest BCUT2D eigenvalue weighted by Crippen LogP contribution is 2.45. The van der Waals surface area contributed by atoms with Gasteiger partial charge >= 0.3 is 6.18 Å². The van der Waals surface area contributed by atoms with Crippen molar-refractivity contribution >= 4 is 43.6 Å². The summed E-state index contributed by atoms with van der Waals surface area (Å²) in [5.41, 5.74) is 20.6. The molecule has 11 rings (SSSR count). The summed E-state index contributed by atoms with van der Waals surface area (Å²) >= 11 is 0. The van der Waals surface area contributed by atoms with Gasteiger partial charge in [0.15, 0.2) is 0 Å². The van der Waals surface area contributed by atoms with E-state index in [1.54, 1.807) is 6.92 Å². The van der Waals surface area contributed by atoms with Gasteiger partial charge in [0.2, 0.25) is 0 Å². The molecule has 0 radical (unpaired) electrons. The zero-order valence-corrected chi connectivity index (χ0v) is 39.6. The van der Waals surface area contributed by atoms with Crippen molar-refractivity contribution in [3.8, 4) is 62.0 Å². The number of alkyl halides is 3. The van der Waals surface area contributed by atoms with Crippen LogP contribution in [0.3, 0.4) is 0 Å². The molecule has 0 spiro atoms. The Balaban J connectivity index is 1.21. The molecule has 0 saturated heterocycles. The summed E-state index contributed by atoms with van der Waals surface area (Å²) in [4.78, 5) is 0. The fraction of sp³-hybridized carbons (Fsp3) is 0.127. The van der Waals surface area contributed by atoms with Crippen LogP contribution in [0.2, 0.25) is 0 Å². The zero-order valence-electron chi connectivity index (χ0n) is 39.6. The summed E-state index contributed by atoms with van der Waals surface area (Å²) in [6.45, 7) is 14.6. The number of fused-ring (bicyclic) bond motifs is 6. The van der Waals surface area contributed by atoms with Crippen molar-refractivity contribution in [3.05, 3.63) is 214 Å². The standard InChI is InChI=1S/C63H48F3N3/c1-36-24-39(4)61(40(5)25-36)45-18-22-57-53(32-45)49-12-8-10-14-55(49)68(57)59-30-43(35-67)16-20-51(59)52-21-17-44(47-28-38(3)29-48(31-47)63(64,65)66)34-60(52)69-56-15-11-9-13-50(56)54-33-46(19-23-58(54)69)62-41(6)26-37(2)27-42(62)7/h8-34H,1-7H3. The van der Waals surface area contributed by atoms with Crippen LogP contribution in [0.15, 0.2) is 164 Å². The predicted molar refractivity (Wildman–Crippen MR) is 280 cm³/mol. The number of aromatic nitrogens is 2. The largest absolute Gasteiger partial charge is 0.416 e. The van der Waals surface area contributed by atoms with E-state index < -0.39 is 11.7 Å². The minimum absolute atomic E-state index is 0.473. The Hall–Kier alpha value is -8.14. The molecule has 0 aliphatic rings. The molecule has 2 heterocycles. The smallest absolute Gasteiger partial charge is 0.309 e. The second kappa shape index (κ2) is 16.3. The zero-order chi connectivity index (χ0) is 48.0. The van der Waals surface area contributed by atoms with E-state index in [9.17, 15) is 18.4 Å². The lowest BCUT2D eigenvalue weighted by Gasteiger charge is -2.20. The molecule has 336 valence electrons. The number of nitriles is 1. The molecule has 0 atom stereocenters. The average molecular weight is 904 g/mol. The van der Waals surface area contributed by atoms with Crippen molar-refractivity contribution in [2.45, 2.75) is 54.6 Å². The van der Waals surface area contributed by atoms with Crippen molar-refractivity contribution in [3.63, 3.8) is 0 Å². The first-order valence-electron chi connectivity index (χ1n) is 23.3. The molecule has 0 amide bonds. The van der Waals surface area contributed by atoms with E-state index in [0.29, 0.717) is 22.3 Å². The van der Waals surface area contributed by atoms with E-state index >= 15 is 0 Å². The highest BCUT2D eigenvalue weighted by atomic mass is 19.4. The van der Waals surface area contributed by atoms with Gasteiger partial charge in [-0.2, -0.15) is 18.4 Å². The molecule has 0 aliphatic heterocycles. The van der Waals surface area contributed by atoms with Gasteiger partial charge in [-0.15, -0.1) is 0 Å². The van der Waals surface area contributed by atoms with Crippen LogP contribution in [0.1, 0.15) is 50.1 Å². The molecule has 6 heteroatoms. The fourth-order valence-electron chi connectivity index (χ4n) is 11.3. The van der Waals surface area contributed by atoms with Crippen molar-refractivity contribution in [2.24, 2.45) is 0 Å². The summed E-state index contributed by atoms with van der Waals surface area (Å²) in [5.74, 6) is 0. The molecular weight excluding hydrogens is 856 g/mol. The highest BCUT2D eigenvalue weighted by Gasteiger charge is 2.31. The Labute approximate surface area is 400 Å². The number of halogens is 3. The maximum atomic E-state index is 14.4. The summed E-state index contributed by atoms with van der Waals surface area (Å²) in [6, 6.07) is 57.4. The molecule has 2 aromatic heterocycles. The van der Waals surface area contributed by atoms with E-state index in [1.165, 1.54) is 56.6 Å². The van der Waals surface area contributed by atoms with Crippen molar-refractivity contribution < 1.29 is 13.2 Å². The number of aryl methyl sites for hydroxylation is 7. The minimum Gasteiger partial charge on any atom is -0.309 e. The number of hydrogen-bond donors (Lipinski definition) is 0. The van der Waals surface area contributed by atoms with E-state index in [0.717, 1.165) is 77.2 Å². The summed E-state index contributed by atoms with van der Waals surface area (Å²) in [6.07, 6.45) is -4.51. The first kappa shape index (κ1) is 43.4. The van der Waals surface area contributed by atoms with Crippen molar-refractivity contribution in [1.29, 1.82) is 5.26 Å². The quantitative estimate of drug-likeness (QED) is 0.164. The fourth-order valence-corrected chi connectivity index (χ4v) is 11.3. The second-order valence-electron chi connectivity index (χ2n) is 18.9. The van der Waals surface area contributed by atoms with Gasteiger partial charge in [-0.3, -0.25) is 0 Å². The Kier molecular flexibility index (Phi) is 10.2. The lowest BCUT2D eigenvalue weighted by molar-refractivity contribution is -0.137. The third-order valence-corrected chi connectivity index (χ3v) is 13.9. The highest BCUT2D eigenvalue weighted by molar-refractivity contribution is 6.13. The van der Waals surface area contributed by atoms with Crippen LogP contribution >= 0.6 is 0 Å². The molecular formula is C63H48F3N3. The Morgan fingerprint density at radius 3 is 1.32 bits per heavy atom. The minimum atomic E-state index is -4.51. The summed E-state index contributed by atoms with van der Waals surface area (Å²) in [5, 5.41) is 14.8. The van der Waals surface area contributed by atoms with Gasteiger partial charge in [-0.25, -0.2) is 0 Å². The van der Waals surface area contributed by atoms with Crippen LogP contribution in [0.4, 0.5) is 13.2 Å². The van der Waals surface area contributed by atoms with E-state index in [1.807, 2.05) is 54.6 Å². The molecule has 0 saturated carbocycles. The molecule has 11 aromatic rings. The number of para-hydroxylation sites is 2. The number of rotatable bonds is 6. The normalized spacial score (nSPS) is 11.9. The van der Waals surface area contributed by atoms with Gasteiger partial charge in [-0.05, 0) is 176 Å². The maximum Gasteiger partial charge on any atom is 0.416 e. The molecule has 69 heavy (non-hydrogen) atoms. The Morgan fingerprint density at radius 1 is 0.391 bits per heavy atom. The predicted octanol–water partition coefficient (Wildman–Crippen LogP) is 17.6. The third-order valence-electron chi connectivity index (χ3n) is 13.9. The van der Waals surface area contributed by atoms with E-state index in [2.05, 4.69) is 154 Å². The summed E-state index contributed by atoms with van der Waals surface area (Å²) < 4.78 is 47.8. The lowest BCUT2D eigenvalue weighted by Crippen LogP contribution is -2.05. The van der Waals surface area contributed by atoms with Gasteiger partial charge in [-0.1, -0.05) is 108 Å². The molecule has 3 nitrogen and oxygen atoms in total. The van der Waals surface area contributed by atoms with Crippen LogP contribution in [0.5, 0.6) is 0 Å². The van der Waals surface area contributed by atoms with Crippen LogP contribution in [-0.2, 0) is 6.18 Å². The van der Waals surface area contributed by atoms with E-state index in [-0.39, 0.29) is 0 Å². The van der Waals surface area contributed by atoms with Crippen LogP contribution < -0.4 is 0 Å². The van der Waals surface area contributed by atoms with Gasteiger partial charge in [0.05, 0.1) is 50.6 Å². The topological polar surface area (TPSA) is 33.6 Å². The number of nitrogens with zero attached hydrogens (tertiary/aromatic N) is 3. The Bertz CT molecular complexity index is 3940. The molecule has 0 N–H and O–H groups in total. The number of hydrogen-bond acceptors (Lipinski definition) is 1. The first-order valence-corrected chi connectivity index (χ1v) is 23.3. The monoisotopic (exact) mass is 903 g/mol.